The molecule has 0 aliphatic heterocycles. The summed E-state index contributed by atoms with van der Waals surface area (Å²) in [5.41, 5.74) is 0. The van der Waals surface area contributed by atoms with E-state index in [0.29, 0.717) is 19.4 Å². The predicted molar refractivity (Wildman–Crippen MR) is 338 cm³/mol. The number of rotatable bonds is 66. The molecule has 0 aliphatic rings. The lowest BCUT2D eigenvalue weighted by atomic mass is 10.0. The molecule has 0 aromatic heterocycles. The zero-order valence-corrected chi connectivity index (χ0v) is 52.2. The monoisotopic (exact) mass is 1080 g/mol. The highest BCUT2D eigenvalue weighted by Gasteiger charge is 2.18. The summed E-state index contributed by atoms with van der Waals surface area (Å²) >= 11 is 0. The van der Waals surface area contributed by atoms with Crippen LogP contribution in [0.25, 0.3) is 0 Å². The Labute approximate surface area is 481 Å². The van der Waals surface area contributed by atoms with Gasteiger partial charge in [0.05, 0.1) is 25.4 Å². The van der Waals surface area contributed by atoms with Crippen LogP contribution in [0.1, 0.15) is 393 Å². The van der Waals surface area contributed by atoms with E-state index in [0.717, 1.165) is 44.9 Å². The number of amides is 1. The lowest BCUT2D eigenvalue weighted by Crippen LogP contribution is -2.45. The van der Waals surface area contributed by atoms with Crippen molar-refractivity contribution in [2.24, 2.45) is 0 Å². The Bertz CT molecular complexity index is 1200. The maximum absolute atomic E-state index is 12.5. The van der Waals surface area contributed by atoms with Crippen LogP contribution in [0.4, 0.5) is 0 Å². The minimum Gasteiger partial charge on any atom is -0.466 e. The fourth-order valence-corrected chi connectivity index (χ4v) is 11.1. The Kier molecular flexibility index (Phi) is 65.4. The number of carbonyl (C=O) groups excluding carboxylic acids is 2. The van der Waals surface area contributed by atoms with Gasteiger partial charge in [0.2, 0.25) is 5.91 Å². The van der Waals surface area contributed by atoms with Gasteiger partial charge >= 0.3 is 5.97 Å². The zero-order chi connectivity index (χ0) is 55.7. The summed E-state index contributed by atoms with van der Waals surface area (Å²) in [6.45, 7) is 4.93. The molecule has 2 unspecified atom stereocenters. The summed E-state index contributed by atoms with van der Waals surface area (Å²) in [5.74, 6) is -0.0620. The molecule has 1 amide bonds. The zero-order valence-electron chi connectivity index (χ0n) is 52.2. The van der Waals surface area contributed by atoms with E-state index < -0.39 is 12.1 Å². The molecule has 0 spiro atoms. The molecule has 6 nitrogen and oxygen atoms in total. The van der Waals surface area contributed by atoms with E-state index in [1.807, 2.05) is 6.08 Å². The summed E-state index contributed by atoms with van der Waals surface area (Å²) in [5, 5.41) is 23.3. The molecule has 0 rings (SSSR count). The van der Waals surface area contributed by atoms with E-state index in [1.165, 1.54) is 321 Å². The van der Waals surface area contributed by atoms with Gasteiger partial charge < -0.3 is 20.3 Å². The van der Waals surface area contributed by atoms with Gasteiger partial charge in [-0.25, -0.2) is 0 Å². The molecular formula is C71H137NO5. The van der Waals surface area contributed by atoms with Crippen molar-refractivity contribution >= 4 is 11.9 Å². The summed E-state index contributed by atoms with van der Waals surface area (Å²) in [6.07, 6.45) is 83.9. The van der Waals surface area contributed by atoms with Crippen molar-refractivity contribution < 1.29 is 24.5 Å². The van der Waals surface area contributed by atoms with Crippen molar-refractivity contribution in [3.8, 4) is 0 Å². The average molecular weight is 1080 g/mol. The number of carbonyl (C=O) groups is 2. The summed E-state index contributed by atoms with van der Waals surface area (Å²) in [4.78, 5) is 24.6. The number of hydrogen-bond donors (Lipinski definition) is 3. The van der Waals surface area contributed by atoms with Crippen LogP contribution in [0.2, 0.25) is 0 Å². The molecule has 6 heteroatoms. The highest BCUT2D eigenvalue weighted by Crippen LogP contribution is 2.19. The third-order valence-electron chi connectivity index (χ3n) is 16.5. The topological polar surface area (TPSA) is 95.9 Å². The van der Waals surface area contributed by atoms with Crippen LogP contribution in [0.15, 0.2) is 24.3 Å². The second kappa shape index (κ2) is 66.8. The number of ether oxygens (including phenoxy) is 1. The molecule has 77 heavy (non-hydrogen) atoms. The lowest BCUT2D eigenvalue weighted by molar-refractivity contribution is -0.143. The van der Waals surface area contributed by atoms with Crippen molar-refractivity contribution in [3.05, 3.63) is 24.3 Å². The molecule has 0 aromatic rings. The number of aliphatic hydroxyl groups is 2. The van der Waals surface area contributed by atoms with Crippen LogP contribution in [0.3, 0.4) is 0 Å². The third kappa shape index (κ3) is 63.4. The van der Waals surface area contributed by atoms with Crippen molar-refractivity contribution in [2.45, 2.75) is 405 Å². The molecule has 2 atom stereocenters. The van der Waals surface area contributed by atoms with Gasteiger partial charge in [0.1, 0.15) is 0 Å². The molecule has 3 N–H and O–H groups in total. The van der Waals surface area contributed by atoms with E-state index in [2.05, 4.69) is 31.3 Å². The van der Waals surface area contributed by atoms with Crippen LogP contribution in [0, 0.1) is 0 Å². The van der Waals surface area contributed by atoms with Gasteiger partial charge in [0.15, 0.2) is 0 Å². The quantitative estimate of drug-likeness (QED) is 0.0320. The second-order valence-electron chi connectivity index (χ2n) is 24.2. The van der Waals surface area contributed by atoms with Crippen molar-refractivity contribution in [1.29, 1.82) is 0 Å². The smallest absolute Gasteiger partial charge is 0.305 e. The normalized spacial score (nSPS) is 12.6. The van der Waals surface area contributed by atoms with E-state index in [4.69, 9.17) is 4.74 Å². The number of esters is 1. The Morgan fingerprint density at radius 2 is 0.610 bits per heavy atom. The molecule has 0 bridgehead atoms. The minimum absolute atomic E-state index is 0.00354. The first-order valence-electron chi connectivity index (χ1n) is 35.1. The predicted octanol–water partition coefficient (Wildman–Crippen LogP) is 22.5. The van der Waals surface area contributed by atoms with Crippen molar-refractivity contribution in [1.82, 2.24) is 5.32 Å². The standard InChI is InChI=1S/C71H137NO5/c1-3-5-7-9-11-13-15-17-19-21-22-23-24-25-26-29-32-35-39-43-47-51-55-59-63-69(74)68(67-73)72-70(75)64-60-56-52-48-44-40-36-33-30-27-28-31-34-38-42-46-50-54-58-62-66-77-71(76)65-61-57-53-49-45-41-37-20-18-16-14-12-10-8-6-4-2/h20,37,59,63,68-69,73-74H,3-19,21-36,38-58,60-62,64-67H2,1-2H3,(H,72,75)/b37-20-,63-59+. The molecule has 0 saturated heterocycles. The maximum Gasteiger partial charge on any atom is 0.305 e. The Balaban J connectivity index is 3.42. The third-order valence-corrected chi connectivity index (χ3v) is 16.5. The van der Waals surface area contributed by atoms with Crippen LogP contribution in [-0.4, -0.2) is 47.4 Å². The Morgan fingerprint density at radius 1 is 0.351 bits per heavy atom. The first-order chi connectivity index (χ1) is 38.0. The molecule has 0 saturated carbocycles. The largest absolute Gasteiger partial charge is 0.466 e. The van der Waals surface area contributed by atoms with Crippen LogP contribution < -0.4 is 5.32 Å². The van der Waals surface area contributed by atoms with E-state index in [-0.39, 0.29) is 18.5 Å². The van der Waals surface area contributed by atoms with Crippen molar-refractivity contribution in [2.75, 3.05) is 13.2 Å². The Hall–Kier alpha value is -1.66. The van der Waals surface area contributed by atoms with Crippen LogP contribution in [-0.2, 0) is 14.3 Å². The summed E-state index contributed by atoms with van der Waals surface area (Å²) < 4.78 is 5.49. The van der Waals surface area contributed by atoms with Gasteiger partial charge in [-0.1, -0.05) is 346 Å². The van der Waals surface area contributed by atoms with Gasteiger partial charge in [0.25, 0.3) is 0 Å². The summed E-state index contributed by atoms with van der Waals surface area (Å²) in [6, 6.07) is -0.631. The van der Waals surface area contributed by atoms with Gasteiger partial charge in [-0.2, -0.15) is 0 Å². The molecule has 0 aliphatic carbocycles. The fourth-order valence-electron chi connectivity index (χ4n) is 11.1. The molecule has 456 valence electrons. The molecule has 0 aromatic carbocycles. The minimum atomic E-state index is -0.847. The first kappa shape index (κ1) is 75.3. The SMILES string of the molecule is CCCCCCCCC/C=C\CCCCCCCC(=O)OCCCCCCCCCCCCCCCCCCCCCCC(=O)NC(CO)C(O)/C=C/CCCCCCCCCCCCCCCCCCCCCCCC. The number of nitrogens with one attached hydrogen (secondary N) is 1. The van der Waals surface area contributed by atoms with Gasteiger partial charge in [0, 0.05) is 12.8 Å². The Morgan fingerprint density at radius 3 is 0.922 bits per heavy atom. The number of aliphatic hydroxyl groups excluding tert-OH is 2. The number of unbranched alkanes of at least 4 members (excludes halogenated alkanes) is 53. The highest BCUT2D eigenvalue weighted by atomic mass is 16.5. The molecular weight excluding hydrogens is 947 g/mol. The van der Waals surface area contributed by atoms with E-state index in [9.17, 15) is 19.8 Å². The van der Waals surface area contributed by atoms with Gasteiger partial charge in [-0.3, -0.25) is 9.59 Å². The number of allylic oxidation sites excluding steroid dienone is 3. The molecule has 0 heterocycles. The number of hydrogen-bond acceptors (Lipinski definition) is 5. The highest BCUT2D eigenvalue weighted by molar-refractivity contribution is 5.76. The lowest BCUT2D eigenvalue weighted by Gasteiger charge is -2.20. The van der Waals surface area contributed by atoms with Gasteiger partial charge in [-0.15, -0.1) is 0 Å². The molecule has 0 fully saturated rings. The summed E-state index contributed by atoms with van der Waals surface area (Å²) in [7, 11) is 0. The average Bonchev–Trinajstić information content (AvgIpc) is 3.43. The van der Waals surface area contributed by atoms with Crippen LogP contribution in [0.5, 0.6) is 0 Å². The first-order valence-corrected chi connectivity index (χ1v) is 35.1. The second-order valence-corrected chi connectivity index (χ2v) is 24.2. The maximum atomic E-state index is 12.5. The van der Waals surface area contributed by atoms with E-state index in [1.54, 1.807) is 6.08 Å². The molecule has 0 radical (unpaired) electrons. The van der Waals surface area contributed by atoms with E-state index >= 15 is 0 Å². The van der Waals surface area contributed by atoms with Gasteiger partial charge in [-0.05, 0) is 57.8 Å². The fraction of sp³-hybridized carbons (Fsp3) is 0.915. The van der Waals surface area contributed by atoms with Crippen LogP contribution >= 0.6 is 0 Å². The van der Waals surface area contributed by atoms with Crippen molar-refractivity contribution in [3.63, 3.8) is 0 Å².